The third kappa shape index (κ3) is 4.26. The van der Waals surface area contributed by atoms with Crippen LogP contribution in [0.3, 0.4) is 0 Å². The number of nitrogens with one attached hydrogen (secondary N) is 1. The minimum absolute atomic E-state index is 0.0375. The highest BCUT2D eigenvalue weighted by molar-refractivity contribution is 9.09. The maximum absolute atomic E-state index is 10.9. The molecule has 94 valence electrons. The fourth-order valence-electron chi connectivity index (χ4n) is 1.46. The monoisotopic (exact) mass is 304 g/mol. The molecule has 17 heavy (non-hydrogen) atoms. The summed E-state index contributed by atoms with van der Waals surface area (Å²) >= 11 is 3.17. The third-order valence-corrected chi connectivity index (χ3v) is 2.68. The van der Waals surface area contributed by atoms with E-state index in [4.69, 9.17) is 0 Å². The maximum Gasteiger partial charge on any atom is 0.229 e. The highest BCUT2D eigenvalue weighted by Gasteiger charge is 2.27. The zero-order chi connectivity index (χ0) is 12.8. The molecule has 0 atom stereocenters. The molecule has 2 heterocycles. The van der Waals surface area contributed by atoms with Crippen molar-refractivity contribution in [3.8, 4) is 0 Å². The van der Waals surface area contributed by atoms with Gasteiger partial charge in [-0.1, -0.05) is 15.9 Å². The molecule has 0 radical (unpaired) electrons. The van der Waals surface area contributed by atoms with Gasteiger partial charge >= 0.3 is 0 Å². The number of likely N-dealkylation sites (tertiary alicyclic amines) is 1. The first-order valence-electron chi connectivity index (χ1n) is 5.26. The summed E-state index contributed by atoms with van der Waals surface area (Å²) in [6.45, 7) is 0.512. The van der Waals surface area contributed by atoms with Crippen LogP contribution >= 0.6 is 15.9 Å². The minimum atomic E-state index is -0.148. The van der Waals surface area contributed by atoms with Crippen molar-refractivity contribution in [3.63, 3.8) is 0 Å². The molecule has 2 fully saturated rings. The predicted octanol–water partition coefficient (Wildman–Crippen LogP) is -0.0467. The lowest BCUT2D eigenvalue weighted by Gasteiger charge is -2.10. The van der Waals surface area contributed by atoms with Crippen LogP contribution in [0.25, 0.3) is 0 Å². The van der Waals surface area contributed by atoms with Crippen LogP contribution in [-0.2, 0) is 19.2 Å². The van der Waals surface area contributed by atoms with E-state index in [0.29, 0.717) is 37.6 Å². The van der Waals surface area contributed by atoms with Crippen molar-refractivity contribution >= 4 is 39.6 Å². The van der Waals surface area contributed by atoms with E-state index in [9.17, 15) is 19.2 Å². The van der Waals surface area contributed by atoms with E-state index in [0.717, 1.165) is 0 Å². The summed E-state index contributed by atoms with van der Waals surface area (Å²) in [4.78, 5) is 43.3. The van der Waals surface area contributed by atoms with Crippen LogP contribution in [0.2, 0.25) is 0 Å². The topological polar surface area (TPSA) is 83.5 Å². The molecule has 2 saturated heterocycles. The minimum Gasteiger partial charge on any atom is -0.296 e. The van der Waals surface area contributed by atoms with Gasteiger partial charge in [0.25, 0.3) is 0 Å². The second-order valence-corrected chi connectivity index (χ2v) is 4.39. The summed E-state index contributed by atoms with van der Waals surface area (Å²) in [6.07, 6.45) is 1.54. The van der Waals surface area contributed by atoms with Gasteiger partial charge in [-0.25, -0.2) is 0 Å². The fraction of sp³-hybridized carbons (Fsp3) is 0.600. The molecule has 0 spiro atoms. The van der Waals surface area contributed by atoms with Crippen LogP contribution in [0.1, 0.15) is 25.7 Å². The second kappa shape index (κ2) is 6.48. The number of alkyl halides is 1. The number of carbonyl (C=O) groups excluding carboxylic acids is 4. The number of carbonyl (C=O) groups is 4. The standard InChI is InChI=1S/C6H8BrNO2.C4H5NO2/c7-3-4-8-5(9)1-2-6(8)10;6-3-1-2-4(7)5-3/h1-4H2;1-2H2,(H,5,6,7). The average molecular weight is 305 g/mol. The van der Waals surface area contributed by atoms with E-state index in [1.807, 2.05) is 0 Å². The van der Waals surface area contributed by atoms with Gasteiger partial charge in [-0.05, 0) is 0 Å². The quantitative estimate of drug-likeness (QED) is 0.573. The van der Waals surface area contributed by atoms with Gasteiger partial charge in [-0.2, -0.15) is 0 Å². The Balaban J connectivity index is 0.000000181. The fourth-order valence-corrected chi connectivity index (χ4v) is 1.82. The Hall–Kier alpha value is -1.24. The summed E-state index contributed by atoms with van der Waals surface area (Å²) in [5, 5.41) is 2.81. The molecule has 2 aliphatic rings. The van der Waals surface area contributed by atoms with Gasteiger partial charge in [0.1, 0.15) is 0 Å². The Morgan fingerprint density at radius 1 is 0.941 bits per heavy atom. The van der Waals surface area contributed by atoms with Crippen molar-refractivity contribution in [1.82, 2.24) is 10.2 Å². The van der Waals surface area contributed by atoms with Crippen molar-refractivity contribution in [2.24, 2.45) is 0 Å². The molecule has 2 rings (SSSR count). The summed E-state index contributed by atoms with van der Waals surface area (Å²) in [5.74, 6) is -0.371. The number of nitrogens with zero attached hydrogens (tertiary/aromatic N) is 1. The number of halogens is 1. The first-order chi connectivity index (χ1) is 8.04. The van der Waals surface area contributed by atoms with Gasteiger partial charge in [0.05, 0.1) is 0 Å². The molecule has 2 aliphatic heterocycles. The Kier molecular flexibility index (Phi) is 5.27. The predicted molar refractivity (Wildman–Crippen MR) is 62.1 cm³/mol. The molecule has 0 aliphatic carbocycles. The highest BCUT2D eigenvalue weighted by atomic mass is 79.9. The Bertz CT molecular complexity index is 326. The normalized spacial score (nSPS) is 19.2. The van der Waals surface area contributed by atoms with Crippen molar-refractivity contribution < 1.29 is 19.2 Å². The Labute approximate surface area is 107 Å². The molecule has 6 nitrogen and oxygen atoms in total. The van der Waals surface area contributed by atoms with Crippen LogP contribution in [0, 0.1) is 0 Å². The summed E-state index contributed by atoms with van der Waals surface area (Å²) in [7, 11) is 0. The van der Waals surface area contributed by atoms with E-state index in [1.54, 1.807) is 0 Å². The van der Waals surface area contributed by atoms with E-state index in [2.05, 4.69) is 21.2 Å². The largest absolute Gasteiger partial charge is 0.296 e. The lowest BCUT2D eigenvalue weighted by atomic mass is 10.4. The molecule has 0 aromatic rings. The number of imide groups is 2. The van der Waals surface area contributed by atoms with Crippen molar-refractivity contribution in [1.29, 1.82) is 0 Å². The summed E-state index contributed by atoms with van der Waals surface area (Å²) in [5.41, 5.74) is 0. The summed E-state index contributed by atoms with van der Waals surface area (Å²) < 4.78 is 0. The van der Waals surface area contributed by atoms with E-state index < -0.39 is 0 Å². The SMILES string of the molecule is O=C1CCC(=O)N1.O=C1CCC(=O)N1CCBr. The molecule has 1 N–H and O–H groups in total. The van der Waals surface area contributed by atoms with Gasteiger partial charge in [0.15, 0.2) is 0 Å². The van der Waals surface area contributed by atoms with Crippen LogP contribution < -0.4 is 5.32 Å². The number of rotatable bonds is 2. The lowest BCUT2D eigenvalue weighted by molar-refractivity contribution is -0.138. The Morgan fingerprint density at radius 2 is 1.41 bits per heavy atom. The molecular weight excluding hydrogens is 292 g/mol. The van der Waals surface area contributed by atoms with E-state index in [1.165, 1.54) is 4.90 Å². The average Bonchev–Trinajstić information content (AvgIpc) is 2.79. The molecule has 0 bridgehead atoms. The first-order valence-corrected chi connectivity index (χ1v) is 6.38. The number of amides is 4. The summed E-state index contributed by atoms with van der Waals surface area (Å²) in [6, 6.07) is 0. The van der Waals surface area contributed by atoms with Crippen LogP contribution in [-0.4, -0.2) is 40.4 Å². The second-order valence-electron chi connectivity index (χ2n) is 3.60. The molecular formula is C10H13BrN2O4. The molecule has 4 amide bonds. The van der Waals surface area contributed by atoms with Crippen molar-refractivity contribution in [2.75, 3.05) is 11.9 Å². The van der Waals surface area contributed by atoms with Gasteiger partial charge in [0, 0.05) is 37.6 Å². The van der Waals surface area contributed by atoms with Crippen LogP contribution in [0.15, 0.2) is 0 Å². The number of hydrogen-bond acceptors (Lipinski definition) is 4. The van der Waals surface area contributed by atoms with Crippen molar-refractivity contribution in [2.45, 2.75) is 25.7 Å². The molecule has 0 aromatic heterocycles. The van der Waals surface area contributed by atoms with E-state index in [-0.39, 0.29) is 23.6 Å². The van der Waals surface area contributed by atoms with Gasteiger partial charge in [0.2, 0.25) is 23.6 Å². The zero-order valence-electron chi connectivity index (χ0n) is 9.20. The van der Waals surface area contributed by atoms with E-state index >= 15 is 0 Å². The molecule has 0 unspecified atom stereocenters. The van der Waals surface area contributed by atoms with Gasteiger partial charge in [-0.3, -0.25) is 29.4 Å². The third-order valence-electron chi connectivity index (χ3n) is 2.32. The number of hydrogen-bond donors (Lipinski definition) is 1. The maximum atomic E-state index is 10.9. The van der Waals surface area contributed by atoms with Crippen LogP contribution in [0.4, 0.5) is 0 Å². The van der Waals surface area contributed by atoms with Gasteiger partial charge < -0.3 is 0 Å². The van der Waals surface area contributed by atoms with Crippen LogP contribution in [0.5, 0.6) is 0 Å². The smallest absolute Gasteiger partial charge is 0.229 e. The first kappa shape index (κ1) is 13.8. The molecule has 0 saturated carbocycles. The van der Waals surface area contributed by atoms with Gasteiger partial charge in [-0.15, -0.1) is 0 Å². The molecule has 7 heteroatoms. The highest BCUT2D eigenvalue weighted by Crippen LogP contribution is 2.10. The lowest BCUT2D eigenvalue weighted by Crippen LogP contribution is -2.30. The zero-order valence-corrected chi connectivity index (χ0v) is 10.8. The van der Waals surface area contributed by atoms with Crippen molar-refractivity contribution in [3.05, 3.63) is 0 Å². The molecule has 0 aromatic carbocycles. The Morgan fingerprint density at radius 3 is 1.71 bits per heavy atom.